The molecule has 4 rings (SSSR count). The first-order chi connectivity index (χ1) is 17.1. The molecule has 188 valence electrons. The highest BCUT2D eigenvalue weighted by atomic mass is 32.1. The number of nitrogens with zero attached hydrogens (tertiary/aromatic N) is 6. The molecule has 8 heteroatoms. The molecule has 3 heterocycles. The quantitative estimate of drug-likeness (QED) is 0.225. The highest BCUT2D eigenvalue weighted by Gasteiger charge is 2.14. The van der Waals surface area contributed by atoms with Crippen LogP contribution in [-0.4, -0.2) is 53.9 Å². The van der Waals surface area contributed by atoms with Crippen molar-refractivity contribution in [3.05, 3.63) is 65.2 Å². The van der Waals surface area contributed by atoms with Gasteiger partial charge in [0.05, 0.1) is 28.3 Å². The summed E-state index contributed by atoms with van der Waals surface area (Å²) in [6.45, 7) is 10.5. The molecule has 0 unspecified atom stereocenters. The molecule has 0 aliphatic rings. The zero-order valence-electron chi connectivity index (χ0n) is 21.4. The highest BCUT2D eigenvalue weighted by Crippen LogP contribution is 2.25. The van der Waals surface area contributed by atoms with E-state index < -0.39 is 0 Å². The molecule has 0 aliphatic carbocycles. The number of aryl methyl sites for hydroxylation is 2. The second kappa shape index (κ2) is 13.0. The van der Waals surface area contributed by atoms with Crippen LogP contribution in [0.1, 0.15) is 61.8 Å². The van der Waals surface area contributed by atoms with Gasteiger partial charge in [-0.05, 0) is 69.4 Å². The summed E-state index contributed by atoms with van der Waals surface area (Å²) in [5, 5.41) is 1.26. The van der Waals surface area contributed by atoms with E-state index in [0.29, 0.717) is 0 Å². The van der Waals surface area contributed by atoms with Crippen molar-refractivity contribution in [3.8, 4) is 0 Å². The fraction of sp³-hybridized carbons (Fsp3) is 0.519. The molecule has 0 fully saturated rings. The first-order valence-electron chi connectivity index (χ1n) is 12.9. The number of fused-ring (bicyclic) bond motifs is 1. The van der Waals surface area contributed by atoms with Crippen molar-refractivity contribution < 1.29 is 0 Å². The Kier molecular flexibility index (Phi) is 9.45. The van der Waals surface area contributed by atoms with Gasteiger partial charge in [0.2, 0.25) is 0 Å². The molecule has 0 amide bonds. The van der Waals surface area contributed by atoms with Crippen LogP contribution in [0.25, 0.3) is 10.2 Å². The van der Waals surface area contributed by atoms with Crippen LogP contribution < -0.4 is 0 Å². The largest absolute Gasteiger partial charge is 0.348 e. The first kappa shape index (κ1) is 25.5. The lowest BCUT2D eigenvalue weighted by Crippen LogP contribution is -2.26. The average molecular weight is 494 g/mol. The van der Waals surface area contributed by atoms with Crippen LogP contribution in [0, 0.1) is 0 Å². The maximum Gasteiger partial charge on any atom is 0.122 e. The van der Waals surface area contributed by atoms with E-state index in [2.05, 4.69) is 61.4 Å². The van der Waals surface area contributed by atoms with Crippen molar-refractivity contribution in [2.24, 2.45) is 7.05 Å². The lowest BCUT2D eigenvalue weighted by atomic mass is 10.2. The molecule has 7 nitrogen and oxygen atoms in total. The van der Waals surface area contributed by atoms with Gasteiger partial charge in [-0.3, -0.25) is 4.90 Å². The average Bonchev–Trinajstić information content (AvgIpc) is 3.59. The lowest BCUT2D eigenvalue weighted by Gasteiger charge is -2.21. The van der Waals surface area contributed by atoms with E-state index >= 15 is 0 Å². The minimum Gasteiger partial charge on any atom is -0.348 e. The molecule has 0 atom stereocenters. The summed E-state index contributed by atoms with van der Waals surface area (Å²) < 4.78 is 3.36. The van der Waals surface area contributed by atoms with Gasteiger partial charge in [-0.15, -0.1) is 11.3 Å². The van der Waals surface area contributed by atoms with Gasteiger partial charge in [-0.2, -0.15) is 0 Å². The minimum atomic E-state index is 0.749. The van der Waals surface area contributed by atoms with Crippen LogP contribution >= 0.6 is 11.3 Å². The molecule has 3 aromatic heterocycles. The van der Waals surface area contributed by atoms with Crippen LogP contribution in [0.4, 0.5) is 0 Å². The molecular weight excluding hydrogens is 454 g/mol. The van der Waals surface area contributed by atoms with Crippen LogP contribution in [0.5, 0.6) is 0 Å². The number of thiazole rings is 1. The van der Waals surface area contributed by atoms with Crippen molar-refractivity contribution in [1.82, 2.24) is 34.3 Å². The molecule has 0 spiro atoms. The van der Waals surface area contributed by atoms with E-state index in [9.17, 15) is 0 Å². The summed E-state index contributed by atoms with van der Waals surface area (Å²) in [6.07, 6.45) is 13.5. The predicted octanol–water partition coefficient (Wildman–Crippen LogP) is 5.40. The van der Waals surface area contributed by atoms with Crippen molar-refractivity contribution in [2.45, 2.75) is 65.6 Å². The Labute approximate surface area is 213 Å². The van der Waals surface area contributed by atoms with E-state index in [4.69, 9.17) is 4.98 Å². The Bertz CT molecular complexity index is 1140. The summed E-state index contributed by atoms with van der Waals surface area (Å²) in [5.41, 5.74) is 2.41. The first-order valence-corrected chi connectivity index (χ1v) is 13.7. The van der Waals surface area contributed by atoms with Gasteiger partial charge < -0.3 is 14.5 Å². The second-order valence-corrected chi connectivity index (χ2v) is 10.5. The Morgan fingerprint density at radius 3 is 2.51 bits per heavy atom. The summed E-state index contributed by atoms with van der Waals surface area (Å²) in [4.78, 5) is 22.1. The minimum absolute atomic E-state index is 0.749. The number of imidazole rings is 2. The maximum atomic E-state index is 4.92. The van der Waals surface area contributed by atoms with Gasteiger partial charge in [-0.25, -0.2) is 15.0 Å². The molecule has 1 aromatic carbocycles. The van der Waals surface area contributed by atoms with Crippen molar-refractivity contribution in [3.63, 3.8) is 0 Å². The van der Waals surface area contributed by atoms with Crippen LogP contribution in [0.15, 0.2) is 43.0 Å². The number of hydrogen-bond donors (Lipinski definition) is 1. The van der Waals surface area contributed by atoms with Crippen LogP contribution in [-0.2, 0) is 33.1 Å². The highest BCUT2D eigenvalue weighted by molar-refractivity contribution is 7.18. The number of aromatic amines is 1. The Hall–Kier alpha value is -2.55. The lowest BCUT2D eigenvalue weighted by molar-refractivity contribution is 0.233. The summed E-state index contributed by atoms with van der Waals surface area (Å²) in [7, 11) is 2.05. The van der Waals surface area contributed by atoms with Gasteiger partial charge >= 0.3 is 0 Å². The molecular formula is C27H39N7S. The fourth-order valence-electron chi connectivity index (χ4n) is 4.57. The summed E-state index contributed by atoms with van der Waals surface area (Å²) in [5.74, 6) is 2.02. The molecule has 0 bridgehead atoms. The fourth-order valence-corrected chi connectivity index (χ4v) is 5.65. The zero-order valence-corrected chi connectivity index (χ0v) is 22.2. The molecule has 35 heavy (non-hydrogen) atoms. The van der Waals surface area contributed by atoms with Gasteiger partial charge in [0, 0.05) is 38.4 Å². The van der Waals surface area contributed by atoms with Crippen molar-refractivity contribution >= 4 is 21.6 Å². The number of nitrogens with one attached hydrogen (secondary N) is 1. The Morgan fingerprint density at radius 2 is 1.80 bits per heavy atom. The van der Waals surface area contributed by atoms with Gasteiger partial charge in [-0.1, -0.05) is 19.9 Å². The molecule has 0 aliphatic heterocycles. The Morgan fingerprint density at radius 1 is 0.943 bits per heavy atom. The van der Waals surface area contributed by atoms with Crippen LogP contribution in [0.2, 0.25) is 0 Å². The topological polar surface area (TPSA) is 65.9 Å². The molecule has 0 saturated heterocycles. The molecule has 0 radical (unpaired) electrons. The number of benzene rings is 1. The van der Waals surface area contributed by atoms with E-state index in [-0.39, 0.29) is 0 Å². The normalized spacial score (nSPS) is 11.9. The van der Waals surface area contributed by atoms with Crippen molar-refractivity contribution in [1.29, 1.82) is 0 Å². The molecule has 1 N–H and O–H groups in total. The van der Waals surface area contributed by atoms with Gasteiger partial charge in [0.1, 0.15) is 11.6 Å². The number of unbranched alkanes of at least 4 members (excludes halogenated alkanes) is 1. The number of aromatic nitrogens is 5. The summed E-state index contributed by atoms with van der Waals surface area (Å²) in [6, 6.07) is 6.71. The SMILES string of the molecule is CCCN(CCC)CCCCc1nc2ccc(CN(Cc3ncc[nH]3)Cc3nccn3C)cc2s1. The zero-order chi connectivity index (χ0) is 24.5. The van der Waals surface area contributed by atoms with Gasteiger partial charge in [0.25, 0.3) is 0 Å². The van der Waals surface area contributed by atoms with E-state index in [1.165, 1.54) is 60.6 Å². The van der Waals surface area contributed by atoms with E-state index in [1.54, 1.807) is 0 Å². The monoisotopic (exact) mass is 493 g/mol. The smallest absolute Gasteiger partial charge is 0.122 e. The van der Waals surface area contributed by atoms with E-state index in [1.807, 2.05) is 43.2 Å². The standard InChI is InChI=1S/C27H39N7S/c1-4-14-33(15-5-2)16-7-6-8-27-31-23-10-9-22(18-24(23)35-27)19-34(20-25-28-11-12-29-25)21-26-30-13-17-32(26)3/h9-13,17-18H,4-8,14-16,19-21H2,1-3H3,(H,28,29). The summed E-state index contributed by atoms with van der Waals surface area (Å²) >= 11 is 1.85. The third-order valence-electron chi connectivity index (χ3n) is 6.31. The number of hydrogen-bond acceptors (Lipinski definition) is 6. The Balaban J connectivity index is 1.37. The van der Waals surface area contributed by atoms with E-state index in [0.717, 1.165) is 43.2 Å². The number of H-pyrrole nitrogens is 1. The van der Waals surface area contributed by atoms with Crippen molar-refractivity contribution in [2.75, 3.05) is 19.6 Å². The molecule has 0 saturated carbocycles. The number of rotatable bonds is 15. The molecule has 4 aromatic rings. The van der Waals surface area contributed by atoms with Crippen LogP contribution in [0.3, 0.4) is 0 Å². The second-order valence-electron chi connectivity index (χ2n) is 9.34. The third-order valence-corrected chi connectivity index (χ3v) is 7.39. The van der Waals surface area contributed by atoms with Gasteiger partial charge in [0.15, 0.2) is 0 Å². The predicted molar refractivity (Wildman–Crippen MR) is 144 cm³/mol. The maximum absolute atomic E-state index is 4.92. The third kappa shape index (κ3) is 7.46.